The molecule has 1 saturated heterocycles. The highest BCUT2D eigenvalue weighted by Crippen LogP contribution is 2.20. The smallest absolute Gasteiger partial charge is 0.211 e. The van der Waals surface area contributed by atoms with E-state index in [1.54, 1.807) is 11.4 Å². The third-order valence-corrected chi connectivity index (χ3v) is 4.28. The molecule has 1 heterocycles. The van der Waals surface area contributed by atoms with E-state index < -0.39 is 10.0 Å². The molecule has 5 nitrogen and oxygen atoms in total. The maximum Gasteiger partial charge on any atom is 0.211 e. The van der Waals surface area contributed by atoms with Gasteiger partial charge in [0.15, 0.2) is 0 Å². The first-order valence-corrected chi connectivity index (χ1v) is 7.44. The molecule has 0 radical (unpaired) electrons. The van der Waals surface area contributed by atoms with Gasteiger partial charge in [0.2, 0.25) is 10.0 Å². The standard InChI is InChI=1S/C10H22N2O3S/c1-11(7-8-15-2)9-10-5-4-6-12(10)16(3,13)14/h10H,4-9H2,1-3H3/t10-/m1/s1. The van der Waals surface area contributed by atoms with E-state index in [2.05, 4.69) is 4.90 Å². The lowest BCUT2D eigenvalue weighted by Crippen LogP contribution is -2.42. The first kappa shape index (κ1) is 13.9. The summed E-state index contributed by atoms with van der Waals surface area (Å²) >= 11 is 0. The van der Waals surface area contributed by atoms with Crippen molar-refractivity contribution in [3.8, 4) is 0 Å². The van der Waals surface area contributed by atoms with Crippen LogP contribution in [0.25, 0.3) is 0 Å². The van der Waals surface area contributed by atoms with Crippen LogP contribution in [0.3, 0.4) is 0 Å². The Hall–Kier alpha value is -0.170. The Morgan fingerprint density at radius 1 is 1.50 bits per heavy atom. The van der Waals surface area contributed by atoms with Crippen molar-refractivity contribution >= 4 is 10.0 Å². The number of hydrogen-bond donors (Lipinski definition) is 0. The number of sulfonamides is 1. The van der Waals surface area contributed by atoms with Crippen LogP contribution in [0.4, 0.5) is 0 Å². The molecule has 1 rings (SSSR count). The Morgan fingerprint density at radius 3 is 2.75 bits per heavy atom. The number of likely N-dealkylation sites (N-methyl/N-ethyl adjacent to an activating group) is 1. The molecule has 0 spiro atoms. The van der Waals surface area contributed by atoms with Gasteiger partial charge in [0.1, 0.15) is 0 Å². The van der Waals surface area contributed by atoms with Crippen LogP contribution in [0.5, 0.6) is 0 Å². The van der Waals surface area contributed by atoms with Crippen molar-refractivity contribution in [1.29, 1.82) is 0 Å². The molecule has 1 aliphatic heterocycles. The van der Waals surface area contributed by atoms with E-state index >= 15 is 0 Å². The third-order valence-electron chi connectivity index (χ3n) is 2.95. The highest BCUT2D eigenvalue weighted by molar-refractivity contribution is 7.88. The molecule has 0 aliphatic carbocycles. The summed E-state index contributed by atoms with van der Waals surface area (Å²) in [5, 5.41) is 0. The van der Waals surface area contributed by atoms with Crippen LogP contribution in [0.1, 0.15) is 12.8 Å². The van der Waals surface area contributed by atoms with Crippen molar-refractivity contribution in [2.45, 2.75) is 18.9 Å². The van der Waals surface area contributed by atoms with Gasteiger partial charge in [0.25, 0.3) is 0 Å². The molecule has 0 amide bonds. The molecule has 0 aromatic rings. The fourth-order valence-electron chi connectivity index (χ4n) is 2.13. The van der Waals surface area contributed by atoms with Crippen molar-refractivity contribution in [3.63, 3.8) is 0 Å². The van der Waals surface area contributed by atoms with Crippen LogP contribution in [-0.4, -0.2) is 70.3 Å². The molecule has 1 fully saturated rings. The van der Waals surface area contributed by atoms with Gasteiger partial charge >= 0.3 is 0 Å². The van der Waals surface area contributed by atoms with E-state index in [0.717, 1.165) is 25.9 Å². The van der Waals surface area contributed by atoms with Crippen LogP contribution in [-0.2, 0) is 14.8 Å². The van der Waals surface area contributed by atoms with E-state index in [0.29, 0.717) is 13.2 Å². The predicted octanol–water partition coefficient (Wildman–Crippen LogP) is -0.0114. The third kappa shape index (κ3) is 4.01. The van der Waals surface area contributed by atoms with E-state index in [1.165, 1.54) is 6.26 Å². The summed E-state index contributed by atoms with van der Waals surface area (Å²) in [6.07, 6.45) is 3.22. The molecule has 0 bridgehead atoms. The van der Waals surface area contributed by atoms with Crippen molar-refractivity contribution < 1.29 is 13.2 Å². The minimum atomic E-state index is -3.04. The van der Waals surface area contributed by atoms with Gasteiger partial charge in [-0.3, -0.25) is 0 Å². The molecule has 0 aromatic carbocycles. The van der Waals surface area contributed by atoms with Crippen LogP contribution >= 0.6 is 0 Å². The number of hydrogen-bond acceptors (Lipinski definition) is 4. The first-order valence-electron chi connectivity index (χ1n) is 5.59. The van der Waals surface area contributed by atoms with Gasteiger partial charge in [-0.05, 0) is 19.9 Å². The maximum atomic E-state index is 11.5. The van der Waals surface area contributed by atoms with Crippen LogP contribution < -0.4 is 0 Å². The average Bonchev–Trinajstić information content (AvgIpc) is 2.62. The Labute approximate surface area is 98.4 Å². The zero-order chi connectivity index (χ0) is 12.2. The fraction of sp³-hybridized carbons (Fsp3) is 1.00. The fourth-order valence-corrected chi connectivity index (χ4v) is 3.30. The second-order valence-electron chi connectivity index (χ2n) is 4.42. The number of ether oxygens (including phenoxy) is 1. The minimum Gasteiger partial charge on any atom is -0.383 e. The summed E-state index contributed by atoms with van der Waals surface area (Å²) in [5.74, 6) is 0. The highest BCUT2D eigenvalue weighted by Gasteiger charge is 2.31. The van der Waals surface area contributed by atoms with Gasteiger partial charge in [-0.2, -0.15) is 4.31 Å². The van der Waals surface area contributed by atoms with E-state index in [-0.39, 0.29) is 6.04 Å². The Balaban J connectivity index is 2.47. The summed E-state index contributed by atoms with van der Waals surface area (Å²) in [6.45, 7) is 2.98. The van der Waals surface area contributed by atoms with E-state index in [1.807, 2.05) is 7.05 Å². The van der Waals surface area contributed by atoms with Gasteiger partial charge in [-0.1, -0.05) is 0 Å². The zero-order valence-corrected chi connectivity index (χ0v) is 11.2. The van der Waals surface area contributed by atoms with Gasteiger partial charge in [-0.15, -0.1) is 0 Å². The van der Waals surface area contributed by atoms with Crippen molar-refractivity contribution in [2.24, 2.45) is 0 Å². The lowest BCUT2D eigenvalue weighted by Gasteiger charge is -2.26. The molecule has 0 unspecified atom stereocenters. The zero-order valence-electron chi connectivity index (χ0n) is 10.3. The molecular weight excluding hydrogens is 228 g/mol. The minimum absolute atomic E-state index is 0.136. The Morgan fingerprint density at radius 2 is 2.19 bits per heavy atom. The molecule has 0 N–H and O–H groups in total. The highest BCUT2D eigenvalue weighted by atomic mass is 32.2. The van der Waals surface area contributed by atoms with Crippen molar-refractivity contribution in [2.75, 3.05) is 46.7 Å². The molecule has 96 valence electrons. The van der Waals surface area contributed by atoms with Crippen LogP contribution in [0, 0.1) is 0 Å². The van der Waals surface area contributed by atoms with Gasteiger partial charge in [0.05, 0.1) is 12.9 Å². The molecule has 16 heavy (non-hydrogen) atoms. The number of methoxy groups -OCH3 is 1. The SMILES string of the molecule is COCCN(C)C[C@H]1CCCN1S(C)(=O)=O. The largest absolute Gasteiger partial charge is 0.383 e. The Kier molecular flexibility index (Phi) is 5.17. The topological polar surface area (TPSA) is 49.9 Å². The second kappa shape index (κ2) is 5.95. The molecule has 0 aromatic heterocycles. The Bertz CT molecular complexity index is 305. The van der Waals surface area contributed by atoms with Crippen molar-refractivity contribution in [1.82, 2.24) is 9.21 Å². The van der Waals surface area contributed by atoms with Crippen LogP contribution in [0.2, 0.25) is 0 Å². The summed E-state index contributed by atoms with van der Waals surface area (Å²) in [7, 11) is 0.628. The summed E-state index contributed by atoms with van der Waals surface area (Å²) < 4.78 is 29.7. The second-order valence-corrected chi connectivity index (χ2v) is 6.36. The van der Waals surface area contributed by atoms with Gasteiger partial charge < -0.3 is 9.64 Å². The predicted molar refractivity (Wildman–Crippen MR) is 63.9 cm³/mol. The molecule has 1 aliphatic rings. The van der Waals surface area contributed by atoms with E-state index in [9.17, 15) is 8.42 Å². The maximum absolute atomic E-state index is 11.5. The molecular formula is C10H22N2O3S. The molecule has 0 saturated carbocycles. The average molecular weight is 250 g/mol. The van der Waals surface area contributed by atoms with Gasteiger partial charge in [0, 0.05) is 32.8 Å². The first-order chi connectivity index (χ1) is 7.45. The number of rotatable bonds is 6. The van der Waals surface area contributed by atoms with E-state index in [4.69, 9.17) is 4.74 Å². The quantitative estimate of drug-likeness (QED) is 0.665. The van der Waals surface area contributed by atoms with Crippen LogP contribution in [0.15, 0.2) is 0 Å². The molecule has 6 heteroatoms. The molecule has 1 atom stereocenters. The van der Waals surface area contributed by atoms with Crippen molar-refractivity contribution in [3.05, 3.63) is 0 Å². The number of nitrogens with zero attached hydrogens (tertiary/aromatic N) is 2. The lowest BCUT2D eigenvalue weighted by atomic mass is 10.2. The summed E-state index contributed by atoms with van der Waals surface area (Å²) in [5.41, 5.74) is 0. The summed E-state index contributed by atoms with van der Waals surface area (Å²) in [6, 6.07) is 0.136. The lowest BCUT2D eigenvalue weighted by molar-refractivity contribution is 0.151. The monoisotopic (exact) mass is 250 g/mol. The summed E-state index contributed by atoms with van der Waals surface area (Å²) in [4.78, 5) is 2.12. The normalized spacial score (nSPS) is 23.1. The van der Waals surface area contributed by atoms with Gasteiger partial charge in [-0.25, -0.2) is 8.42 Å².